The van der Waals surface area contributed by atoms with Gasteiger partial charge in [0.2, 0.25) is 5.95 Å². The maximum atomic E-state index is 13.0. The van der Waals surface area contributed by atoms with Gasteiger partial charge in [-0.2, -0.15) is 9.78 Å². The first-order valence-corrected chi connectivity index (χ1v) is 10.4. The van der Waals surface area contributed by atoms with Crippen LogP contribution in [0.2, 0.25) is 0 Å². The summed E-state index contributed by atoms with van der Waals surface area (Å²) in [5.41, 5.74) is 2.96. The molecule has 0 unspecified atom stereocenters. The number of aromatic amines is 1. The van der Waals surface area contributed by atoms with E-state index in [-0.39, 0.29) is 17.5 Å². The molecule has 0 atom stereocenters. The average Bonchev–Trinajstić information content (AvgIpc) is 3.18. The molecule has 0 spiro atoms. The summed E-state index contributed by atoms with van der Waals surface area (Å²) in [6, 6.07) is 21.9. The van der Waals surface area contributed by atoms with Crippen molar-refractivity contribution in [3.05, 3.63) is 106 Å². The molecular weight excluding hydrogens is 404 g/mol. The molecule has 4 rings (SSSR count). The number of nitrogens with zero attached hydrogens (tertiary/aromatic N) is 3. The zero-order valence-corrected chi connectivity index (χ0v) is 17.9. The molecule has 8 nitrogen and oxygen atoms in total. The van der Waals surface area contributed by atoms with Crippen LogP contribution in [0, 0.1) is 6.92 Å². The normalized spacial score (nSPS) is 10.8. The first-order valence-electron chi connectivity index (χ1n) is 10.4. The highest BCUT2D eigenvalue weighted by molar-refractivity contribution is 5.89. The standard InChI is InChI=1S/C24H24N6O2/c1-3-19-15-21(31)27-23(25-19)30-20(14-16(2)29-30)26-24(32)28-22(17-10-6-4-7-11-17)18-12-8-5-9-13-18/h4-15,22H,3H2,1-2H3,(H,25,27,31)(H2,26,28,32). The number of rotatable bonds is 6. The number of amides is 2. The molecule has 0 fully saturated rings. The summed E-state index contributed by atoms with van der Waals surface area (Å²) in [6.45, 7) is 3.72. The number of aromatic nitrogens is 4. The summed E-state index contributed by atoms with van der Waals surface area (Å²) >= 11 is 0. The van der Waals surface area contributed by atoms with Crippen LogP contribution in [0.25, 0.3) is 5.95 Å². The Morgan fingerprint density at radius 2 is 1.66 bits per heavy atom. The molecule has 0 radical (unpaired) electrons. The molecule has 3 N–H and O–H groups in total. The number of hydrogen-bond acceptors (Lipinski definition) is 4. The second-order valence-corrected chi connectivity index (χ2v) is 7.35. The highest BCUT2D eigenvalue weighted by atomic mass is 16.2. The molecule has 0 bridgehead atoms. The third-order valence-electron chi connectivity index (χ3n) is 4.96. The second-order valence-electron chi connectivity index (χ2n) is 7.35. The quantitative estimate of drug-likeness (QED) is 0.435. The lowest BCUT2D eigenvalue weighted by molar-refractivity contribution is 0.250. The van der Waals surface area contributed by atoms with Crippen molar-refractivity contribution >= 4 is 11.8 Å². The number of anilines is 1. The van der Waals surface area contributed by atoms with Gasteiger partial charge in [0.15, 0.2) is 0 Å². The molecule has 8 heteroatoms. The number of H-pyrrole nitrogens is 1. The Labute approximate surface area is 185 Å². The number of carbonyl (C=O) groups excluding carboxylic acids is 1. The Balaban J connectivity index is 1.62. The van der Waals surface area contributed by atoms with Crippen molar-refractivity contribution in [3.8, 4) is 5.95 Å². The second kappa shape index (κ2) is 9.30. The minimum Gasteiger partial charge on any atom is -0.327 e. The Hall–Kier alpha value is -4.20. The molecule has 0 aliphatic heterocycles. The lowest BCUT2D eigenvalue weighted by Gasteiger charge is -2.20. The fourth-order valence-electron chi connectivity index (χ4n) is 3.46. The Morgan fingerprint density at radius 3 is 2.25 bits per heavy atom. The van der Waals surface area contributed by atoms with Gasteiger partial charge in [0.25, 0.3) is 5.56 Å². The number of carbonyl (C=O) groups is 1. The van der Waals surface area contributed by atoms with E-state index in [0.29, 0.717) is 23.6 Å². The third-order valence-corrected chi connectivity index (χ3v) is 4.96. The predicted molar refractivity (Wildman–Crippen MR) is 123 cm³/mol. The monoisotopic (exact) mass is 428 g/mol. The van der Waals surface area contributed by atoms with Crippen molar-refractivity contribution < 1.29 is 4.79 Å². The summed E-state index contributed by atoms with van der Waals surface area (Å²) in [7, 11) is 0. The molecule has 0 saturated carbocycles. The van der Waals surface area contributed by atoms with Gasteiger partial charge in [0, 0.05) is 17.8 Å². The van der Waals surface area contributed by atoms with Gasteiger partial charge in [-0.1, -0.05) is 67.6 Å². The zero-order valence-electron chi connectivity index (χ0n) is 17.9. The van der Waals surface area contributed by atoms with Crippen LogP contribution in [-0.2, 0) is 6.42 Å². The topological polar surface area (TPSA) is 105 Å². The van der Waals surface area contributed by atoms with Crippen molar-refractivity contribution in [3.63, 3.8) is 0 Å². The van der Waals surface area contributed by atoms with E-state index in [0.717, 1.165) is 11.1 Å². The van der Waals surface area contributed by atoms with E-state index < -0.39 is 6.03 Å². The van der Waals surface area contributed by atoms with Crippen LogP contribution in [-0.4, -0.2) is 25.8 Å². The molecule has 0 aliphatic carbocycles. The van der Waals surface area contributed by atoms with Gasteiger partial charge in [-0.15, -0.1) is 0 Å². The maximum Gasteiger partial charge on any atom is 0.321 e. The molecule has 2 aromatic heterocycles. The number of benzene rings is 2. The van der Waals surface area contributed by atoms with Crippen molar-refractivity contribution in [1.82, 2.24) is 25.1 Å². The minimum absolute atomic E-state index is 0.250. The number of nitrogens with one attached hydrogen (secondary N) is 3. The lowest BCUT2D eigenvalue weighted by atomic mass is 9.99. The maximum absolute atomic E-state index is 13.0. The van der Waals surface area contributed by atoms with E-state index in [2.05, 4.69) is 25.7 Å². The number of urea groups is 1. The Kier molecular flexibility index (Phi) is 6.12. The van der Waals surface area contributed by atoms with Gasteiger partial charge in [0.1, 0.15) is 5.82 Å². The zero-order chi connectivity index (χ0) is 22.5. The number of aryl methyl sites for hydroxylation is 2. The van der Waals surface area contributed by atoms with Crippen LogP contribution >= 0.6 is 0 Å². The summed E-state index contributed by atoms with van der Waals surface area (Å²) in [5.74, 6) is 0.650. The molecule has 2 heterocycles. The largest absolute Gasteiger partial charge is 0.327 e. The molecule has 2 aromatic carbocycles. The Bertz CT molecular complexity index is 1230. The van der Waals surface area contributed by atoms with Gasteiger partial charge < -0.3 is 5.32 Å². The van der Waals surface area contributed by atoms with Crippen LogP contribution in [0.4, 0.5) is 10.6 Å². The van der Waals surface area contributed by atoms with Crippen LogP contribution in [0.5, 0.6) is 0 Å². The first kappa shape index (κ1) is 21.0. The van der Waals surface area contributed by atoms with E-state index in [4.69, 9.17) is 0 Å². The van der Waals surface area contributed by atoms with E-state index in [1.165, 1.54) is 10.7 Å². The third kappa shape index (κ3) is 4.75. The molecular formula is C24H24N6O2. The highest BCUT2D eigenvalue weighted by Crippen LogP contribution is 2.22. The van der Waals surface area contributed by atoms with E-state index >= 15 is 0 Å². The smallest absolute Gasteiger partial charge is 0.321 e. The molecule has 162 valence electrons. The average molecular weight is 428 g/mol. The van der Waals surface area contributed by atoms with E-state index in [1.807, 2.05) is 67.6 Å². The van der Waals surface area contributed by atoms with Gasteiger partial charge in [-0.3, -0.25) is 15.1 Å². The molecule has 2 amide bonds. The van der Waals surface area contributed by atoms with Crippen LogP contribution in [0.15, 0.2) is 77.6 Å². The fourth-order valence-corrected chi connectivity index (χ4v) is 3.46. The summed E-state index contributed by atoms with van der Waals surface area (Å²) in [6.07, 6.45) is 0.607. The van der Waals surface area contributed by atoms with Gasteiger partial charge in [-0.25, -0.2) is 9.78 Å². The predicted octanol–water partition coefficient (Wildman–Crippen LogP) is 3.74. The SMILES string of the molecule is CCc1cc(=O)[nH]c(-n2nc(C)cc2NC(=O)NC(c2ccccc2)c2ccccc2)n1. The molecule has 0 saturated heterocycles. The van der Waals surface area contributed by atoms with Crippen LogP contribution in [0.1, 0.15) is 35.5 Å². The van der Waals surface area contributed by atoms with Crippen molar-refractivity contribution in [2.45, 2.75) is 26.3 Å². The molecule has 32 heavy (non-hydrogen) atoms. The van der Waals surface area contributed by atoms with Crippen molar-refractivity contribution in [2.24, 2.45) is 0 Å². The number of hydrogen-bond donors (Lipinski definition) is 3. The molecule has 4 aromatic rings. The first-order chi connectivity index (χ1) is 15.5. The van der Waals surface area contributed by atoms with Gasteiger partial charge in [-0.05, 0) is 24.5 Å². The van der Waals surface area contributed by atoms with Gasteiger partial charge >= 0.3 is 6.03 Å². The summed E-state index contributed by atoms with van der Waals surface area (Å²) < 4.78 is 1.43. The van der Waals surface area contributed by atoms with E-state index in [9.17, 15) is 9.59 Å². The van der Waals surface area contributed by atoms with Crippen LogP contribution < -0.4 is 16.2 Å². The Morgan fingerprint density at radius 1 is 1.03 bits per heavy atom. The summed E-state index contributed by atoms with van der Waals surface area (Å²) in [5, 5.41) is 10.3. The molecule has 0 aliphatic rings. The van der Waals surface area contributed by atoms with Gasteiger partial charge in [0.05, 0.1) is 11.7 Å². The lowest BCUT2D eigenvalue weighted by Crippen LogP contribution is -2.34. The van der Waals surface area contributed by atoms with Crippen molar-refractivity contribution in [1.29, 1.82) is 0 Å². The highest BCUT2D eigenvalue weighted by Gasteiger charge is 2.19. The minimum atomic E-state index is -0.405. The fraction of sp³-hybridized carbons (Fsp3) is 0.167. The van der Waals surface area contributed by atoms with E-state index in [1.54, 1.807) is 13.0 Å². The van der Waals surface area contributed by atoms with Crippen LogP contribution in [0.3, 0.4) is 0 Å². The summed E-state index contributed by atoms with van der Waals surface area (Å²) in [4.78, 5) is 32.1. The van der Waals surface area contributed by atoms with Crippen molar-refractivity contribution in [2.75, 3.05) is 5.32 Å².